The first-order valence-corrected chi connectivity index (χ1v) is 10.7. The zero-order valence-corrected chi connectivity index (χ0v) is 17.3. The number of carbonyl (C=O) groups is 1. The normalized spacial score (nSPS) is 15.3. The third-order valence-corrected chi connectivity index (χ3v) is 5.53. The number of likely N-dealkylation sites (tertiary alicyclic amines) is 1. The van der Waals surface area contributed by atoms with Crippen molar-refractivity contribution in [1.29, 1.82) is 0 Å². The molecule has 0 amide bonds. The summed E-state index contributed by atoms with van der Waals surface area (Å²) in [5.41, 5.74) is 2.97. The molecule has 2 aliphatic rings. The predicted molar refractivity (Wildman–Crippen MR) is 113 cm³/mol. The molecule has 0 spiro atoms. The van der Waals surface area contributed by atoms with E-state index in [-0.39, 0.29) is 5.78 Å². The molecule has 29 heavy (non-hydrogen) atoms. The summed E-state index contributed by atoms with van der Waals surface area (Å²) in [5, 5.41) is 0. The number of benzene rings is 2. The Morgan fingerprint density at radius 1 is 0.897 bits per heavy atom. The van der Waals surface area contributed by atoms with E-state index in [1.54, 1.807) is 0 Å². The molecule has 1 heterocycles. The average Bonchev–Trinajstić information content (AvgIpc) is 3.34. The summed E-state index contributed by atoms with van der Waals surface area (Å²) in [7, 11) is 0. The molecule has 5 nitrogen and oxygen atoms in total. The van der Waals surface area contributed by atoms with E-state index in [1.807, 2.05) is 44.2 Å². The predicted octanol–water partition coefficient (Wildman–Crippen LogP) is 4.56. The van der Waals surface area contributed by atoms with Gasteiger partial charge in [-0.2, -0.15) is 0 Å². The van der Waals surface area contributed by atoms with Crippen LogP contribution in [0.1, 0.15) is 49.0 Å². The third-order valence-electron chi connectivity index (χ3n) is 5.53. The van der Waals surface area contributed by atoms with Crippen LogP contribution in [-0.2, 0) is 0 Å². The maximum atomic E-state index is 13.1. The Kier molecular flexibility index (Phi) is 6.05. The summed E-state index contributed by atoms with van der Waals surface area (Å²) in [6, 6.07) is 9.40. The van der Waals surface area contributed by atoms with E-state index in [4.69, 9.17) is 14.2 Å². The molecule has 0 radical (unpaired) electrons. The molecule has 0 saturated carbocycles. The smallest absolute Gasteiger partial charge is 0.194 e. The van der Waals surface area contributed by atoms with Gasteiger partial charge in [-0.05, 0) is 58.3 Å². The van der Waals surface area contributed by atoms with E-state index in [2.05, 4.69) is 4.90 Å². The van der Waals surface area contributed by atoms with Crippen molar-refractivity contribution in [3.63, 3.8) is 0 Å². The van der Waals surface area contributed by atoms with Gasteiger partial charge in [0.25, 0.3) is 0 Å². The second-order valence-corrected chi connectivity index (χ2v) is 7.47. The first-order chi connectivity index (χ1) is 14.2. The van der Waals surface area contributed by atoms with Crippen LogP contribution in [0, 0.1) is 0 Å². The molecule has 2 aromatic carbocycles. The van der Waals surface area contributed by atoms with Crippen molar-refractivity contribution in [2.45, 2.75) is 33.1 Å². The van der Waals surface area contributed by atoms with Gasteiger partial charge in [-0.1, -0.05) is 12.1 Å². The molecule has 154 valence electrons. The van der Waals surface area contributed by atoms with Gasteiger partial charge >= 0.3 is 0 Å². The van der Waals surface area contributed by atoms with Gasteiger partial charge in [0.2, 0.25) is 0 Å². The highest BCUT2D eigenvalue weighted by atomic mass is 16.5. The molecule has 1 fully saturated rings. The minimum Gasteiger partial charge on any atom is -0.494 e. The summed E-state index contributed by atoms with van der Waals surface area (Å²) in [6.45, 7) is 9.02. The van der Waals surface area contributed by atoms with Crippen LogP contribution < -0.4 is 14.2 Å². The van der Waals surface area contributed by atoms with Crippen LogP contribution in [0.5, 0.6) is 17.2 Å². The molecule has 1 aliphatic heterocycles. The topological polar surface area (TPSA) is 48.0 Å². The zero-order chi connectivity index (χ0) is 20.2. The van der Waals surface area contributed by atoms with Gasteiger partial charge < -0.3 is 19.1 Å². The summed E-state index contributed by atoms with van der Waals surface area (Å²) in [4.78, 5) is 15.6. The van der Waals surface area contributed by atoms with Crippen LogP contribution in [0.3, 0.4) is 0 Å². The van der Waals surface area contributed by atoms with Crippen molar-refractivity contribution >= 4 is 5.78 Å². The van der Waals surface area contributed by atoms with E-state index >= 15 is 0 Å². The number of hydrogen-bond acceptors (Lipinski definition) is 5. The standard InChI is InChI=1S/C24H29NO4/c1-3-27-17-15-19-23(21(16-17)28-4-2)22-18(24(19)26)9-7-10-20(22)29-14-8-13-25-11-5-6-12-25/h7,9-10,15-16H,3-6,8,11-14H2,1-2H3. The van der Waals surface area contributed by atoms with Crippen LogP contribution in [0.25, 0.3) is 11.1 Å². The second kappa shape index (κ2) is 8.87. The molecule has 0 bridgehead atoms. The third kappa shape index (κ3) is 3.97. The Balaban J connectivity index is 1.61. The van der Waals surface area contributed by atoms with Crippen molar-refractivity contribution in [1.82, 2.24) is 4.90 Å². The van der Waals surface area contributed by atoms with Gasteiger partial charge in [-0.15, -0.1) is 0 Å². The summed E-state index contributed by atoms with van der Waals surface area (Å²) < 4.78 is 17.7. The van der Waals surface area contributed by atoms with Gasteiger partial charge in [0.1, 0.15) is 17.2 Å². The average molecular weight is 395 g/mol. The first-order valence-electron chi connectivity index (χ1n) is 10.7. The fourth-order valence-corrected chi connectivity index (χ4v) is 4.27. The molecule has 4 rings (SSSR count). The molecule has 0 N–H and O–H groups in total. The molecule has 1 aliphatic carbocycles. The Morgan fingerprint density at radius 3 is 2.41 bits per heavy atom. The SMILES string of the molecule is CCOc1cc(OCC)c2c(c1)C(=O)c1cccc(OCCCN3CCCC3)c1-2. The van der Waals surface area contributed by atoms with Crippen molar-refractivity contribution in [2.75, 3.05) is 39.5 Å². The minimum atomic E-state index is 0.0000212. The minimum absolute atomic E-state index is 0.0000212. The largest absolute Gasteiger partial charge is 0.494 e. The molecule has 1 saturated heterocycles. The van der Waals surface area contributed by atoms with E-state index in [1.165, 1.54) is 25.9 Å². The van der Waals surface area contributed by atoms with Gasteiger partial charge in [-0.3, -0.25) is 4.79 Å². The van der Waals surface area contributed by atoms with Gasteiger partial charge in [0, 0.05) is 34.9 Å². The van der Waals surface area contributed by atoms with E-state index in [0.29, 0.717) is 42.4 Å². The Labute approximate surface area is 172 Å². The lowest BCUT2D eigenvalue weighted by Gasteiger charge is -2.17. The molecule has 0 aromatic heterocycles. The molecule has 2 aromatic rings. The van der Waals surface area contributed by atoms with Gasteiger partial charge in [0.05, 0.1) is 19.8 Å². The van der Waals surface area contributed by atoms with Crippen LogP contribution >= 0.6 is 0 Å². The number of ketones is 1. The zero-order valence-electron chi connectivity index (χ0n) is 17.3. The summed E-state index contributed by atoms with van der Waals surface area (Å²) >= 11 is 0. The van der Waals surface area contributed by atoms with E-state index in [0.717, 1.165) is 29.8 Å². The van der Waals surface area contributed by atoms with Crippen LogP contribution in [0.15, 0.2) is 30.3 Å². The van der Waals surface area contributed by atoms with E-state index < -0.39 is 0 Å². The first kappa shape index (κ1) is 19.8. The summed E-state index contributed by atoms with van der Waals surface area (Å²) in [5.74, 6) is 2.08. The number of fused-ring (bicyclic) bond motifs is 3. The van der Waals surface area contributed by atoms with E-state index in [9.17, 15) is 4.79 Å². The molecule has 0 atom stereocenters. The maximum Gasteiger partial charge on any atom is 0.194 e. The molecule has 0 unspecified atom stereocenters. The van der Waals surface area contributed by atoms with Crippen LogP contribution in [0.2, 0.25) is 0 Å². The lowest BCUT2D eigenvalue weighted by atomic mass is 10.0. The van der Waals surface area contributed by atoms with Gasteiger partial charge in [0.15, 0.2) is 5.78 Å². The number of ether oxygens (including phenoxy) is 3. The lowest BCUT2D eigenvalue weighted by Crippen LogP contribution is -2.21. The number of nitrogens with zero attached hydrogens (tertiary/aromatic N) is 1. The molecule has 5 heteroatoms. The fraction of sp³-hybridized carbons (Fsp3) is 0.458. The number of hydrogen-bond donors (Lipinski definition) is 0. The maximum absolute atomic E-state index is 13.1. The highest BCUT2D eigenvalue weighted by Crippen LogP contribution is 2.49. The summed E-state index contributed by atoms with van der Waals surface area (Å²) in [6.07, 6.45) is 3.58. The number of rotatable bonds is 9. The highest BCUT2D eigenvalue weighted by Gasteiger charge is 2.33. The Bertz CT molecular complexity index is 887. The van der Waals surface area contributed by atoms with Crippen molar-refractivity contribution in [2.24, 2.45) is 0 Å². The van der Waals surface area contributed by atoms with Crippen molar-refractivity contribution in [3.8, 4) is 28.4 Å². The lowest BCUT2D eigenvalue weighted by molar-refractivity contribution is 0.104. The fourth-order valence-electron chi connectivity index (χ4n) is 4.27. The quantitative estimate of drug-likeness (QED) is 0.497. The van der Waals surface area contributed by atoms with Crippen LogP contribution in [-0.4, -0.2) is 50.1 Å². The number of carbonyl (C=O) groups excluding carboxylic acids is 1. The van der Waals surface area contributed by atoms with Crippen molar-refractivity contribution in [3.05, 3.63) is 41.5 Å². The Hall–Kier alpha value is -2.53. The second-order valence-electron chi connectivity index (χ2n) is 7.47. The van der Waals surface area contributed by atoms with Crippen LogP contribution in [0.4, 0.5) is 0 Å². The molecular weight excluding hydrogens is 366 g/mol. The van der Waals surface area contributed by atoms with Gasteiger partial charge in [-0.25, -0.2) is 0 Å². The Morgan fingerprint density at radius 2 is 1.66 bits per heavy atom. The molecular formula is C24H29NO4. The van der Waals surface area contributed by atoms with Crippen molar-refractivity contribution < 1.29 is 19.0 Å². The highest BCUT2D eigenvalue weighted by molar-refractivity contribution is 6.23. The monoisotopic (exact) mass is 395 g/mol.